The van der Waals surface area contributed by atoms with E-state index in [0.717, 1.165) is 55.7 Å². The van der Waals surface area contributed by atoms with Crippen LogP contribution in [0.2, 0.25) is 0 Å². The minimum absolute atomic E-state index is 0.000575. The summed E-state index contributed by atoms with van der Waals surface area (Å²) >= 11 is 0. The smallest absolute Gasteiger partial charge is 0.246 e. The van der Waals surface area contributed by atoms with Crippen LogP contribution in [-0.4, -0.2) is 60.6 Å². The highest BCUT2D eigenvalue weighted by molar-refractivity contribution is 5.90. The molecule has 1 unspecified atom stereocenters. The lowest BCUT2D eigenvalue weighted by molar-refractivity contribution is -0.139. The first-order valence-electron chi connectivity index (χ1n) is 13.7. The van der Waals surface area contributed by atoms with Gasteiger partial charge in [-0.15, -0.1) is 0 Å². The normalized spacial score (nSPS) is 21.6. The molecular weight excluding hydrogens is 469 g/mol. The molecule has 0 bridgehead atoms. The molecule has 0 radical (unpaired) electrons. The third kappa shape index (κ3) is 7.40. The van der Waals surface area contributed by atoms with Crippen molar-refractivity contribution in [2.75, 3.05) is 25.5 Å². The van der Waals surface area contributed by atoms with Crippen LogP contribution in [0.15, 0.2) is 42.1 Å². The number of hydrogen-bond donors (Lipinski definition) is 2. The second kappa shape index (κ2) is 13.7. The third-order valence-corrected chi connectivity index (χ3v) is 7.70. The van der Waals surface area contributed by atoms with Gasteiger partial charge in [0, 0.05) is 19.3 Å². The van der Waals surface area contributed by atoms with E-state index in [1.807, 2.05) is 55.0 Å². The van der Waals surface area contributed by atoms with Gasteiger partial charge < -0.3 is 20.4 Å². The number of likely N-dealkylation sites (tertiary alicyclic amines) is 1. The predicted octanol–water partition coefficient (Wildman–Crippen LogP) is 4.67. The number of rotatable bonds is 10. The Morgan fingerprint density at radius 3 is 2.54 bits per heavy atom. The number of allylic oxidation sites excluding steroid dienone is 3. The first kappa shape index (κ1) is 28.8. The molecule has 1 aromatic heterocycles. The number of anilines is 1. The van der Waals surface area contributed by atoms with Crippen LogP contribution in [0.5, 0.6) is 0 Å². The van der Waals surface area contributed by atoms with Crippen LogP contribution in [0, 0.1) is 5.92 Å². The molecule has 8 heteroatoms. The molecule has 0 spiro atoms. The number of nitrogens with zero attached hydrogens (tertiary/aromatic N) is 3. The predicted molar refractivity (Wildman–Crippen MR) is 147 cm³/mol. The van der Waals surface area contributed by atoms with Gasteiger partial charge in [0.25, 0.3) is 0 Å². The molecule has 1 aliphatic carbocycles. The highest BCUT2D eigenvalue weighted by atomic mass is 19.1. The molecule has 1 aliphatic heterocycles. The zero-order chi connectivity index (χ0) is 26.9. The molecule has 37 heavy (non-hydrogen) atoms. The fourth-order valence-electron chi connectivity index (χ4n) is 5.35. The van der Waals surface area contributed by atoms with Crippen molar-refractivity contribution in [3.8, 4) is 0 Å². The minimum Gasteiger partial charge on any atom is -0.343 e. The Kier molecular flexibility index (Phi) is 10.7. The van der Waals surface area contributed by atoms with Gasteiger partial charge >= 0.3 is 0 Å². The molecule has 2 fully saturated rings. The number of halogens is 1. The third-order valence-electron chi connectivity index (χ3n) is 7.70. The van der Waals surface area contributed by atoms with E-state index in [9.17, 15) is 14.0 Å². The summed E-state index contributed by atoms with van der Waals surface area (Å²) in [5.74, 6) is 0.753. The lowest BCUT2D eigenvalue weighted by Crippen LogP contribution is -2.55. The number of likely N-dealkylation sites (N-methyl/N-ethyl adjacent to an activating group) is 2. The monoisotopic (exact) mass is 513 g/mol. The summed E-state index contributed by atoms with van der Waals surface area (Å²) < 4.78 is 13.4. The number of aromatic nitrogens is 1. The van der Waals surface area contributed by atoms with Gasteiger partial charge in [-0.3, -0.25) is 9.59 Å². The van der Waals surface area contributed by atoms with Crippen LogP contribution < -0.4 is 15.5 Å². The first-order valence-corrected chi connectivity index (χ1v) is 13.7. The molecule has 1 saturated heterocycles. The fourth-order valence-corrected chi connectivity index (χ4v) is 5.35. The van der Waals surface area contributed by atoms with Crippen LogP contribution in [0.1, 0.15) is 77.5 Å². The van der Waals surface area contributed by atoms with Crippen LogP contribution in [0.3, 0.4) is 0 Å². The molecular formula is C29H44FN5O2. The Bertz CT molecular complexity index is 973. The number of nitrogens with one attached hydrogen (secondary N) is 2. The van der Waals surface area contributed by atoms with Gasteiger partial charge in [-0.2, -0.15) is 0 Å². The zero-order valence-corrected chi connectivity index (χ0v) is 23.0. The van der Waals surface area contributed by atoms with Crippen molar-refractivity contribution in [2.24, 2.45) is 5.92 Å². The molecule has 2 N–H and O–H groups in total. The lowest BCUT2D eigenvalue weighted by atomic mass is 9.83. The maximum absolute atomic E-state index is 14.0. The van der Waals surface area contributed by atoms with E-state index in [2.05, 4.69) is 10.6 Å². The quantitative estimate of drug-likeness (QED) is 0.445. The summed E-state index contributed by atoms with van der Waals surface area (Å²) in [6.07, 6.45) is 11.2. The second-order valence-electron chi connectivity index (χ2n) is 10.3. The van der Waals surface area contributed by atoms with E-state index in [1.165, 1.54) is 19.4 Å². The SMILES string of the molecule is C/C=C(\C=C/C(C)F)N(C)c1cccc([C@@H]2CCCN2C(=O)[C@@H](NC(=O)[C@H](C)NC)C2CCCCC2)n1. The van der Waals surface area contributed by atoms with Gasteiger partial charge in [0.05, 0.1) is 17.8 Å². The number of alkyl halides is 1. The van der Waals surface area contributed by atoms with Crippen LogP contribution >= 0.6 is 0 Å². The first-order chi connectivity index (χ1) is 17.8. The summed E-state index contributed by atoms with van der Waals surface area (Å²) in [6.45, 7) is 5.87. The Labute approximate surface area is 221 Å². The standard InChI is InChI=1S/C29H44FN5O2/c1-6-23(18-17-20(2)30)34(5)26-16-10-14-24(32-26)25-15-11-19-35(25)29(37)27(22-12-8-7-9-13-22)33-28(36)21(3)31-4/h6,10,14,16-18,20-22,25,27,31H,7-9,11-13,15,19H2,1-5H3,(H,33,36)/b18-17-,23-6+/t20?,21-,25-,27-/m0/s1. The van der Waals surface area contributed by atoms with Gasteiger partial charge in [-0.05, 0) is 83.7 Å². The van der Waals surface area contributed by atoms with E-state index in [1.54, 1.807) is 13.1 Å². The maximum atomic E-state index is 14.0. The molecule has 7 nitrogen and oxygen atoms in total. The Balaban J connectivity index is 1.84. The van der Waals surface area contributed by atoms with Crippen molar-refractivity contribution in [3.05, 3.63) is 47.8 Å². The number of hydrogen-bond acceptors (Lipinski definition) is 5. The molecule has 2 aliphatic rings. The van der Waals surface area contributed by atoms with E-state index in [0.29, 0.717) is 6.54 Å². The zero-order valence-electron chi connectivity index (χ0n) is 23.0. The molecule has 4 atom stereocenters. The van der Waals surface area contributed by atoms with Crippen LogP contribution in [0.4, 0.5) is 10.2 Å². The van der Waals surface area contributed by atoms with Crippen molar-refractivity contribution in [1.82, 2.24) is 20.5 Å². The van der Waals surface area contributed by atoms with Gasteiger partial charge in [-0.25, -0.2) is 9.37 Å². The summed E-state index contributed by atoms with van der Waals surface area (Å²) in [5.41, 5.74) is 1.68. The summed E-state index contributed by atoms with van der Waals surface area (Å²) in [7, 11) is 3.66. The molecule has 1 saturated carbocycles. The number of pyridine rings is 1. The average molecular weight is 514 g/mol. The molecule has 204 valence electrons. The lowest BCUT2D eigenvalue weighted by Gasteiger charge is -2.35. The van der Waals surface area contributed by atoms with Crippen molar-refractivity contribution in [3.63, 3.8) is 0 Å². The van der Waals surface area contributed by atoms with E-state index < -0.39 is 12.2 Å². The number of amides is 2. The molecule has 2 heterocycles. The van der Waals surface area contributed by atoms with E-state index >= 15 is 0 Å². The van der Waals surface area contributed by atoms with Gasteiger partial charge in [0.15, 0.2) is 0 Å². The Morgan fingerprint density at radius 2 is 1.89 bits per heavy atom. The van der Waals surface area contributed by atoms with Gasteiger partial charge in [0.2, 0.25) is 11.8 Å². The van der Waals surface area contributed by atoms with Crippen molar-refractivity contribution in [1.29, 1.82) is 0 Å². The Morgan fingerprint density at radius 1 is 1.16 bits per heavy atom. The topological polar surface area (TPSA) is 77.6 Å². The van der Waals surface area contributed by atoms with E-state index in [4.69, 9.17) is 4.98 Å². The summed E-state index contributed by atoms with van der Waals surface area (Å²) in [6, 6.07) is 4.83. The molecule has 2 amide bonds. The summed E-state index contributed by atoms with van der Waals surface area (Å²) in [5, 5.41) is 6.07. The minimum atomic E-state index is -1.03. The molecule has 3 rings (SSSR count). The molecule has 1 aromatic rings. The molecule has 0 aromatic carbocycles. The van der Waals surface area contributed by atoms with Crippen LogP contribution in [-0.2, 0) is 9.59 Å². The van der Waals surface area contributed by atoms with Gasteiger partial charge in [-0.1, -0.05) is 31.4 Å². The van der Waals surface area contributed by atoms with Crippen molar-refractivity contribution >= 4 is 17.6 Å². The van der Waals surface area contributed by atoms with Gasteiger partial charge in [0.1, 0.15) is 18.0 Å². The van der Waals surface area contributed by atoms with Crippen molar-refractivity contribution < 1.29 is 14.0 Å². The average Bonchev–Trinajstić information content (AvgIpc) is 3.41. The number of carbonyl (C=O) groups excluding carboxylic acids is 2. The highest BCUT2D eigenvalue weighted by Gasteiger charge is 2.39. The van der Waals surface area contributed by atoms with Crippen molar-refractivity contribution in [2.45, 2.75) is 90.0 Å². The Hall–Kier alpha value is -2.74. The summed E-state index contributed by atoms with van der Waals surface area (Å²) in [4.78, 5) is 35.6. The largest absolute Gasteiger partial charge is 0.343 e. The van der Waals surface area contributed by atoms with Crippen LogP contribution in [0.25, 0.3) is 0 Å². The second-order valence-corrected chi connectivity index (χ2v) is 10.3. The number of carbonyl (C=O) groups is 2. The fraction of sp³-hybridized carbons (Fsp3) is 0.621. The van der Waals surface area contributed by atoms with E-state index in [-0.39, 0.29) is 29.8 Å². The maximum Gasteiger partial charge on any atom is 0.246 e. The highest BCUT2D eigenvalue weighted by Crippen LogP contribution is 2.35.